The smallest absolute Gasteiger partial charge is 0.135 e. The van der Waals surface area contributed by atoms with Gasteiger partial charge < -0.3 is 0 Å². The summed E-state index contributed by atoms with van der Waals surface area (Å²) in [4.78, 5) is 13.5. The van der Waals surface area contributed by atoms with Crippen molar-refractivity contribution in [2.45, 2.75) is 40.5 Å². The van der Waals surface area contributed by atoms with Gasteiger partial charge in [-0.1, -0.05) is 33.8 Å². The van der Waals surface area contributed by atoms with E-state index >= 15 is 0 Å². The number of aromatic nitrogens is 3. The van der Waals surface area contributed by atoms with Crippen LogP contribution in [0.2, 0.25) is 0 Å². The number of pyridine rings is 1. The van der Waals surface area contributed by atoms with Gasteiger partial charge in [0.25, 0.3) is 0 Å². The molecule has 0 unspecified atom stereocenters. The summed E-state index contributed by atoms with van der Waals surface area (Å²) in [6.45, 7) is 8.73. The fraction of sp³-hybridized carbons (Fsp3) is 0.421. The minimum absolute atomic E-state index is 0.528. The molecule has 114 valence electrons. The molecule has 22 heavy (non-hydrogen) atoms. The van der Waals surface area contributed by atoms with E-state index in [0.29, 0.717) is 11.8 Å². The maximum atomic E-state index is 4.72. The minimum Gasteiger partial charge on any atom is -0.256 e. The van der Waals surface area contributed by atoms with E-state index in [4.69, 9.17) is 4.98 Å². The fourth-order valence-corrected chi connectivity index (χ4v) is 2.16. The van der Waals surface area contributed by atoms with Crippen molar-refractivity contribution in [3.05, 3.63) is 53.4 Å². The lowest BCUT2D eigenvalue weighted by molar-refractivity contribution is 0.615. The highest BCUT2D eigenvalue weighted by Crippen LogP contribution is 2.12. The van der Waals surface area contributed by atoms with Crippen LogP contribution >= 0.6 is 0 Å². The minimum atomic E-state index is 0.528. The molecule has 0 bridgehead atoms. The van der Waals surface area contributed by atoms with Gasteiger partial charge in [0, 0.05) is 12.4 Å². The van der Waals surface area contributed by atoms with Crippen LogP contribution in [0.15, 0.2) is 30.6 Å². The first-order chi connectivity index (χ1) is 10.5. The molecule has 0 N–H and O–H groups in total. The Balaban J connectivity index is 2.34. The van der Waals surface area contributed by atoms with E-state index in [1.165, 1.54) is 0 Å². The van der Waals surface area contributed by atoms with Gasteiger partial charge in [-0.05, 0) is 48.7 Å². The zero-order valence-corrected chi connectivity index (χ0v) is 13.8. The molecule has 0 radical (unpaired) electrons. The molecule has 2 rings (SSSR count). The van der Waals surface area contributed by atoms with Crippen molar-refractivity contribution in [2.24, 2.45) is 11.8 Å². The molecule has 0 fully saturated rings. The van der Waals surface area contributed by atoms with Gasteiger partial charge in [-0.15, -0.1) is 0 Å². The molecule has 3 heteroatoms. The van der Waals surface area contributed by atoms with E-state index in [1.807, 2.05) is 24.4 Å². The molecule has 0 aliphatic rings. The van der Waals surface area contributed by atoms with Crippen molar-refractivity contribution < 1.29 is 0 Å². The monoisotopic (exact) mass is 293 g/mol. The Labute approximate surface area is 133 Å². The zero-order valence-electron chi connectivity index (χ0n) is 13.8. The van der Waals surface area contributed by atoms with Crippen LogP contribution in [0.1, 0.15) is 50.5 Å². The topological polar surface area (TPSA) is 38.7 Å². The Morgan fingerprint density at radius 3 is 2.36 bits per heavy atom. The first-order valence-electron chi connectivity index (χ1n) is 7.82. The van der Waals surface area contributed by atoms with Gasteiger partial charge >= 0.3 is 0 Å². The molecule has 3 nitrogen and oxygen atoms in total. The molecule has 0 aliphatic heterocycles. The number of hydrogen-bond acceptors (Lipinski definition) is 3. The van der Waals surface area contributed by atoms with Crippen LogP contribution in [0.25, 0.3) is 0 Å². The Hall–Kier alpha value is -2.21. The van der Waals surface area contributed by atoms with E-state index in [-0.39, 0.29) is 0 Å². The number of nitrogens with zero attached hydrogens (tertiary/aromatic N) is 3. The van der Waals surface area contributed by atoms with Gasteiger partial charge in [-0.25, -0.2) is 9.97 Å². The first-order valence-corrected chi connectivity index (χ1v) is 7.82. The summed E-state index contributed by atoms with van der Waals surface area (Å²) < 4.78 is 0. The Kier molecular flexibility index (Phi) is 5.66. The SMILES string of the molecule is CC(C)Cc1cnc(CC(C)C)c(C#Cc2ccccn2)n1. The summed E-state index contributed by atoms with van der Waals surface area (Å²) in [5.41, 5.74) is 3.53. The van der Waals surface area contributed by atoms with Crippen LogP contribution in [0, 0.1) is 23.7 Å². The van der Waals surface area contributed by atoms with Crippen molar-refractivity contribution in [2.75, 3.05) is 0 Å². The molecule has 2 aromatic heterocycles. The van der Waals surface area contributed by atoms with Gasteiger partial charge in [-0.2, -0.15) is 0 Å². The third-order valence-electron chi connectivity index (χ3n) is 3.09. The lowest BCUT2D eigenvalue weighted by atomic mass is 10.0. The van der Waals surface area contributed by atoms with Crippen LogP contribution in [-0.4, -0.2) is 15.0 Å². The van der Waals surface area contributed by atoms with Gasteiger partial charge in [0.05, 0.1) is 11.4 Å². The molecule has 0 saturated heterocycles. The lowest BCUT2D eigenvalue weighted by Crippen LogP contribution is -2.07. The van der Waals surface area contributed by atoms with Gasteiger partial charge in [0.1, 0.15) is 11.4 Å². The Morgan fingerprint density at radius 2 is 1.73 bits per heavy atom. The Morgan fingerprint density at radius 1 is 0.955 bits per heavy atom. The van der Waals surface area contributed by atoms with E-state index in [2.05, 4.69) is 49.5 Å². The second kappa shape index (κ2) is 7.70. The molecule has 0 amide bonds. The van der Waals surface area contributed by atoms with Gasteiger partial charge in [-0.3, -0.25) is 4.98 Å². The van der Waals surface area contributed by atoms with Crippen LogP contribution in [-0.2, 0) is 12.8 Å². The number of hydrogen-bond donors (Lipinski definition) is 0. The van der Waals surface area contributed by atoms with Crippen LogP contribution < -0.4 is 0 Å². The maximum absolute atomic E-state index is 4.72. The second-order valence-corrected chi connectivity index (χ2v) is 6.32. The summed E-state index contributed by atoms with van der Waals surface area (Å²) in [5.74, 6) is 7.34. The van der Waals surface area contributed by atoms with Crippen molar-refractivity contribution in [1.29, 1.82) is 0 Å². The third-order valence-corrected chi connectivity index (χ3v) is 3.09. The highest BCUT2D eigenvalue weighted by atomic mass is 14.8. The highest BCUT2D eigenvalue weighted by molar-refractivity contribution is 5.38. The molecule has 2 aromatic rings. The van der Waals surface area contributed by atoms with Crippen molar-refractivity contribution >= 4 is 0 Å². The standard InChI is InChI=1S/C19H23N3/c1-14(2)11-17-13-21-19(12-15(3)4)18(22-17)9-8-16-7-5-6-10-20-16/h5-7,10,13-15H,11-12H2,1-4H3. The third kappa shape index (κ3) is 4.96. The van der Waals surface area contributed by atoms with Crippen LogP contribution in [0.3, 0.4) is 0 Å². The van der Waals surface area contributed by atoms with Crippen molar-refractivity contribution in [3.8, 4) is 11.8 Å². The summed E-state index contributed by atoms with van der Waals surface area (Å²) in [6, 6.07) is 5.73. The highest BCUT2D eigenvalue weighted by Gasteiger charge is 2.09. The van der Waals surface area contributed by atoms with Crippen molar-refractivity contribution in [1.82, 2.24) is 15.0 Å². The zero-order chi connectivity index (χ0) is 15.9. The first kappa shape index (κ1) is 16.2. The molecule has 0 aliphatic carbocycles. The van der Waals surface area contributed by atoms with Crippen molar-refractivity contribution in [3.63, 3.8) is 0 Å². The molecule has 0 aromatic carbocycles. The summed E-state index contributed by atoms with van der Waals surface area (Å²) in [6.07, 6.45) is 5.46. The molecular formula is C19H23N3. The summed E-state index contributed by atoms with van der Waals surface area (Å²) >= 11 is 0. The largest absolute Gasteiger partial charge is 0.256 e. The fourth-order valence-electron chi connectivity index (χ4n) is 2.16. The number of rotatable bonds is 4. The van der Waals surface area contributed by atoms with E-state index in [1.54, 1.807) is 6.20 Å². The molecule has 0 saturated carbocycles. The molecular weight excluding hydrogens is 270 g/mol. The average molecular weight is 293 g/mol. The van der Waals surface area contributed by atoms with E-state index < -0.39 is 0 Å². The predicted molar refractivity (Wildman–Crippen MR) is 89.3 cm³/mol. The summed E-state index contributed by atoms with van der Waals surface area (Å²) in [5, 5.41) is 0. The maximum Gasteiger partial charge on any atom is 0.135 e. The van der Waals surface area contributed by atoms with Gasteiger partial charge in [0.2, 0.25) is 0 Å². The van der Waals surface area contributed by atoms with Gasteiger partial charge in [0.15, 0.2) is 0 Å². The van der Waals surface area contributed by atoms with E-state index in [0.717, 1.165) is 35.6 Å². The van der Waals surface area contributed by atoms with E-state index in [9.17, 15) is 0 Å². The lowest BCUT2D eigenvalue weighted by Gasteiger charge is -2.09. The average Bonchev–Trinajstić information content (AvgIpc) is 2.47. The van der Waals surface area contributed by atoms with Crippen LogP contribution in [0.4, 0.5) is 0 Å². The molecule has 0 spiro atoms. The second-order valence-electron chi connectivity index (χ2n) is 6.32. The normalized spacial score (nSPS) is 10.6. The molecule has 0 atom stereocenters. The Bertz CT molecular complexity index is 664. The van der Waals surface area contributed by atoms with Crippen LogP contribution in [0.5, 0.6) is 0 Å². The molecule has 2 heterocycles. The predicted octanol–water partition coefficient (Wildman–Crippen LogP) is 3.67. The summed E-state index contributed by atoms with van der Waals surface area (Å²) in [7, 11) is 0. The quantitative estimate of drug-likeness (QED) is 0.807.